The number of fused-ring (bicyclic) bond motifs is 2. The third-order valence-electron chi connectivity index (χ3n) is 8.27. The molecule has 0 radical (unpaired) electrons. The second-order valence-corrected chi connectivity index (χ2v) is 12.5. The maximum atomic E-state index is 6.04. The molecule has 0 aliphatic carbocycles. The smallest absolute Gasteiger partial charge is 0.119 e. The summed E-state index contributed by atoms with van der Waals surface area (Å²) in [6.45, 7) is 9.86. The van der Waals surface area contributed by atoms with Crippen LogP contribution in [0.5, 0.6) is 11.5 Å². The van der Waals surface area contributed by atoms with E-state index in [1.807, 2.05) is 12.1 Å². The molecule has 270 valence electrons. The highest BCUT2D eigenvalue weighted by atomic mass is 16.6. The molecule has 0 bridgehead atoms. The summed E-state index contributed by atoms with van der Waals surface area (Å²) < 4.78 is 55.9. The number of hydrogen-bond donors (Lipinski definition) is 0. The monoisotopic (exact) mass is 690 g/mol. The van der Waals surface area contributed by atoms with Crippen molar-refractivity contribution in [2.24, 2.45) is 0 Å². The highest BCUT2D eigenvalue weighted by Crippen LogP contribution is 2.24. The first-order chi connectivity index (χ1) is 24.8. The SMILES string of the molecule is c1cc2cc(OCCCCOc3ccc4cc(COCCOCCOCC5CO5)ccc4c3)ccc2cc1COCCOCCOCC1CO1. The Balaban J connectivity index is 0.797. The Morgan fingerprint density at radius 3 is 1.24 bits per heavy atom. The van der Waals surface area contributed by atoms with Crippen LogP contribution >= 0.6 is 0 Å². The van der Waals surface area contributed by atoms with Crippen LogP contribution in [0.3, 0.4) is 0 Å². The van der Waals surface area contributed by atoms with E-state index in [0.29, 0.717) is 105 Å². The Bertz CT molecular complexity index is 1450. The first-order valence-electron chi connectivity index (χ1n) is 17.8. The molecule has 0 amide bonds. The van der Waals surface area contributed by atoms with E-state index in [1.54, 1.807) is 0 Å². The maximum absolute atomic E-state index is 6.04. The summed E-state index contributed by atoms with van der Waals surface area (Å²) in [7, 11) is 0. The minimum absolute atomic E-state index is 0.295. The zero-order valence-electron chi connectivity index (χ0n) is 28.9. The summed E-state index contributed by atoms with van der Waals surface area (Å²) in [5.41, 5.74) is 2.27. The van der Waals surface area contributed by atoms with Crippen LogP contribution in [0.1, 0.15) is 24.0 Å². The van der Waals surface area contributed by atoms with Crippen molar-refractivity contribution in [1.29, 1.82) is 0 Å². The van der Waals surface area contributed by atoms with Gasteiger partial charge in [-0.1, -0.05) is 36.4 Å². The van der Waals surface area contributed by atoms with Gasteiger partial charge in [0.2, 0.25) is 0 Å². The fourth-order valence-electron chi connectivity index (χ4n) is 5.30. The van der Waals surface area contributed by atoms with Crippen LogP contribution in [0.15, 0.2) is 72.8 Å². The van der Waals surface area contributed by atoms with E-state index in [-0.39, 0.29) is 0 Å². The number of hydrogen-bond acceptors (Lipinski definition) is 10. The molecule has 0 spiro atoms. The van der Waals surface area contributed by atoms with Crippen molar-refractivity contribution in [2.75, 3.05) is 92.5 Å². The fraction of sp³-hybridized carbons (Fsp3) is 0.500. The predicted octanol–water partition coefficient (Wildman–Crippen LogP) is 6.13. The van der Waals surface area contributed by atoms with Gasteiger partial charge in [-0.2, -0.15) is 0 Å². The molecule has 10 heteroatoms. The predicted molar refractivity (Wildman–Crippen MR) is 190 cm³/mol. The molecule has 6 rings (SSSR count). The van der Waals surface area contributed by atoms with Crippen LogP contribution < -0.4 is 9.47 Å². The highest BCUT2D eigenvalue weighted by Gasteiger charge is 2.22. The average molecular weight is 691 g/mol. The summed E-state index contributed by atoms with van der Waals surface area (Å²) in [5.74, 6) is 1.75. The number of benzene rings is 4. The van der Waals surface area contributed by atoms with Crippen LogP contribution in [-0.2, 0) is 51.1 Å². The van der Waals surface area contributed by atoms with Gasteiger partial charge in [0, 0.05) is 0 Å². The van der Waals surface area contributed by atoms with Crippen molar-refractivity contribution < 1.29 is 47.4 Å². The highest BCUT2D eigenvalue weighted by molar-refractivity contribution is 5.85. The molecule has 0 saturated carbocycles. The van der Waals surface area contributed by atoms with Crippen LogP contribution in [0.25, 0.3) is 21.5 Å². The van der Waals surface area contributed by atoms with E-state index < -0.39 is 0 Å². The van der Waals surface area contributed by atoms with E-state index >= 15 is 0 Å². The minimum Gasteiger partial charge on any atom is -0.494 e. The third-order valence-corrected chi connectivity index (χ3v) is 8.27. The molecule has 10 nitrogen and oxygen atoms in total. The lowest BCUT2D eigenvalue weighted by molar-refractivity contribution is 0.00822. The standard InChI is InChI=1S/C40H50O10/c1(11-47-37-9-7-33-21-31(3-5-35(33)23-37)25-43-17-13-41-15-19-45-27-39-29-49-39)2-12-48-38-10-8-34-22-32(4-6-36(34)24-38)26-44-18-14-42-16-20-46-28-40-30-50-40/h3-10,21-24,39-40H,1-2,11-20,25-30H2. The van der Waals surface area contributed by atoms with Crippen molar-refractivity contribution in [1.82, 2.24) is 0 Å². The van der Waals surface area contributed by atoms with Gasteiger partial charge < -0.3 is 47.4 Å². The summed E-state index contributed by atoms with van der Waals surface area (Å²) >= 11 is 0. The number of unbranched alkanes of at least 4 members (excludes halogenated alkanes) is 1. The van der Waals surface area contributed by atoms with E-state index in [9.17, 15) is 0 Å². The van der Waals surface area contributed by atoms with Crippen molar-refractivity contribution in [2.45, 2.75) is 38.3 Å². The maximum Gasteiger partial charge on any atom is 0.119 e. The molecule has 2 aliphatic rings. The van der Waals surface area contributed by atoms with Gasteiger partial charge in [0.1, 0.15) is 23.7 Å². The topological polar surface area (TPSA) is 98.9 Å². The second-order valence-electron chi connectivity index (χ2n) is 12.5. The van der Waals surface area contributed by atoms with Crippen LogP contribution in [0.2, 0.25) is 0 Å². The van der Waals surface area contributed by atoms with E-state index in [4.69, 9.17) is 47.4 Å². The van der Waals surface area contributed by atoms with Crippen molar-refractivity contribution in [3.05, 3.63) is 83.9 Å². The Morgan fingerprint density at radius 2 is 0.800 bits per heavy atom. The van der Waals surface area contributed by atoms with Crippen LogP contribution in [-0.4, -0.2) is 105 Å². The van der Waals surface area contributed by atoms with Crippen LogP contribution in [0.4, 0.5) is 0 Å². The quantitative estimate of drug-likeness (QED) is 0.0537. The molecule has 2 fully saturated rings. The molecule has 4 aromatic carbocycles. The minimum atomic E-state index is 0.295. The second kappa shape index (κ2) is 20.5. The number of ether oxygens (including phenoxy) is 10. The fourth-order valence-corrected chi connectivity index (χ4v) is 5.30. The van der Waals surface area contributed by atoms with Crippen molar-refractivity contribution in [3.8, 4) is 11.5 Å². The van der Waals surface area contributed by atoms with Gasteiger partial charge in [0.25, 0.3) is 0 Å². The van der Waals surface area contributed by atoms with Crippen LogP contribution in [0, 0.1) is 0 Å². The average Bonchev–Trinajstić information content (AvgIpc) is 4.08. The van der Waals surface area contributed by atoms with Gasteiger partial charge in [-0.05, 0) is 81.9 Å². The molecule has 0 aromatic heterocycles. The lowest BCUT2D eigenvalue weighted by Gasteiger charge is -2.10. The van der Waals surface area contributed by atoms with Crippen molar-refractivity contribution in [3.63, 3.8) is 0 Å². The molecule has 2 atom stereocenters. The van der Waals surface area contributed by atoms with E-state index in [0.717, 1.165) is 59.5 Å². The van der Waals surface area contributed by atoms with Crippen molar-refractivity contribution >= 4 is 21.5 Å². The molecule has 2 unspecified atom stereocenters. The summed E-state index contributed by atoms with van der Waals surface area (Å²) in [6.07, 6.45) is 2.41. The molecule has 0 N–H and O–H groups in total. The number of rotatable bonds is 27. The van der Waals surface area contributed by atoms with Gasteiger partial charge in [-0.15, -0.1) is 0 Å². The Hall–Kier alpha value is -3.32. The Kier molecular flexibility index (Phi) is 15.0. The van der Waals surface area contributed by atoms with Gasteiger partial charge in [-0.3, -0.25) is 0 Å². The van der Waals surface area contributed by atoms with Gasteiger partial charge in [-0.25, -0.2) is 0 Å². The van der Waals surface area contributed by atoms with Gasteiger partial charge in [0.15, 0.2) is 0 Å². The molecule has 2 heterocycles. The first kappa shape index (κ1) is 36.5. The normalized spacial score (nSPS) is 16.6. The summed E-state index contributed by atoms with van der Waals surface area (Å²) in [5, 5.41) is 4.62. The molecule has 4 aromatic rings. The van der Waals surface area contributed by atoms with E-state index in [2.05, 4.69) is 60.7 Å². The largest absolute Gasteiger partial charge is 0.494 e. The van der Waals surface area contributed by atoms with Gasteiger partial charge in [0.05, 0.1) is 106 Å². The third kappa shape index (κ3) is 13.4. The molecular weight excluding hydrogens is 640 g/mol. The molecular formula is C40H50O10. The zero-order valence-corrected chi connectivity index (χ0v) is 28.9. The molecule has 50 heavy (non-hydrogen) atoms. The number of epoxide rings is 2. The molecule has 2 saturated heterocycles. The Morgan fingerprint density at radius 1 is 0.420 bits per heavy atom. The summed E-state index contributed by atoms with van der Waals surface area (Å²) in [6, 6.07) is 25.2. The van der Waals surface area contributed by atoms with E-state index in [1.165, 1.54) is 10.8 Å². The van der Waals surface area contributed by atoms with Gasteiger partial charge >= 0.3 is 0 Å². The lowest BCUT2D eigenvalue weighted by Crippen LogP contribution is -2.11. The molecule has 2 aliphatic heterocycles. The zero-order chi connectivity index (χ0) is 34.1. The lowest BCUT2D eigenvalue weighted by atomic mass is 10.1. The Labute approximate surface area is 294 Å². The first-order valence-corrected chi connectivity index (χ1v) is 17.8. The summed E-state index contributed by atoms with van der Waals surface area (Å²) in [4.78, 5) is 0.